The summed E-state index contributed by atoms with van der Waals surface area (Å²) in [5.41, 5.74) is 13.3. The Morgan fingerprint density at radius 3 is 1.17 bits per heavy atom. The van der Waals surface area contributed by atoms with Crippen molar-refractivity contribution in [2.45, 2.75) is 0 Å². The Morgan fingerprint density at radius 1 is 0.259 bits per heavy atom. The third-order valence-electron chi connectivity index (χ3n) is 10.6. The van der Waals surface area contributed by atoms with Gasteiger partial charge in [0, 0.05) is 56.3 Å². The molecule has 4 heteroatoms. The highest BCUT2D eigenvalue weighted by Crippen LogP contribution is 2.48. The molecule has 0 radical (unpaired) electrons. The summed E-state index contributed by atoms with van der Waals surface area (Å²) in [6.45, 7) is 0. The second kappa shape index (κ2) is 15.4. The van der Waals surface area contributed by atoms with Gasteiger partial charge in [0.05, 0.1) is 5.69 Å². The van der Waals surface area contributed by atoms with Crippen LogP contribution in [0.1, 0.15) is 0 Å². The summed E-state index contributed by atoms with van der Waals surface area (Å²) in [5.74, 6) is 0. The normalized spacial score (nSPS) is 11.1. The van der Waals surface area contributed by atoms with Crippen molar-refractivity contribution in [3.05, 3.63) is 237 Å². The predicted octanol–water partition coefficient (Wildman–Crippen LogP) is 15.7. The van der Waals surface area contributed by atoms with E-state index in [9.17, 15) is 0 Å². The molecule has 0 aliphatic carbocycles. The summed E-state index contributed by atoms with van der Waals surface area (Å²) >= 11 is 0. The zero-order chi connectivity index (χ0) is 38.7. The van der Waals surface area contributed by atoms with E-state index in [0.717, 1.165) is 78.7 Å². The van der Waals surface area contributed by atoms with Crippen LogP contribution >= 0.6 is 0 Å². The fourth-order valence-electron chi connectivity index (χ4n) is 7.93. The van der Waals surface area contributed by atoms with Crippen molar-refractivity contribution in [2.75, 3.05) is 14.7 Å². The van der Waals surface area contributed by atoms with E-state index in [1.807, 2.05) is 0 Å². The fourth-order valence-corrected chi connectivity index (χ4v) is 7.93. The van der Waals surface area contributed by atoms with Crippen molar-refractivity contribution in [3.63, 3.8) is 0 Å². The third-order valence-corrected chi connectivity index (χ3v) is 10.6. The van der Waals surface area contributed by atoms with Crippen LogP contribution in [0.25, 0.3) is 33.1 Å². The van der Waals surface area contributed by atoms with Crippen LogP contribution in [0, 0.1) is 0 Å². The van der Waals surface area contributed by atoms with E-state index in [-0.39, 0.29) is 0 Å². The third kappa shape index (κ3) is 6.63. The lowest BCUT2D eigenvalue weighted by Crippen LogP contribution is -2.13. The number of rotatable bonds is 10. The monoisotopic (exact) mass is 745 g/mol. The highest BCUT2D eigenvalue weighted by molar-refractivity contribution is 6.13. The van der Waals surface area contributed by atoms with Crippen LogP contribution < -0.4 is 14.7 Å². The molecule has 1 heterocycles. The number of hydrogen-bond acceptors (Lipinski definition) is 4. The lowest BCUT2D eigenvalue weighted by molar-refractivity contribution is 0.669. The first-order valence-corrected chi connectivity index (χ1v) is 19.6. The molecular formula is C54H39N3O. The zero-order valence-electron chi connectivity index (χ0n) is 31.8. The molecule has 1 aromatic heterocycles. The van der Waals surface area contributed by atoms with Crippen molar-refractivity contribution in [1.29, 1.82) is 0 Å². The number of furan rings is 1. The van der Waals surface area contributed by atoms with E-state index in [4.69, 9.17) is 4.42 Å². The maximum atomic E-state index is 7.00. The zero-order valence-corrected chi connectivity index (χ0v) is 31.8. The van der Waals surface area contributed by atoms with Crippen molar-refractivity contribution in [3.8, 4) is 11.1 Å². The smallest absolute Gasteiger partial charge is 0.159 e. The lowest BCUT2D eigenvalue weighted by atomic mass is 10.0. The Kier molecular flexibility index (Phi) is 9.18. The summed E-state index contributed by atoms with van der Waals surface area (Å²) in [6, 6.07) is 83.2. The van der Waals surface area contributed by atoms with Gasteiger partial charge in [-0.05, 0) is 114 Å². The van der Waals surface area contributed by atoms with Gasteiger partial charge in [-0.25, -0.2) is 0 Å². The van der Waals surface area contributed by atoms with E-state index >= 15 is 0 Å². The number of para-hydroxylation sites is 5. The van der Waals surface area contributed by atoms with Gasteiger partial charge in [-0.15, -0.1) is 0 Å². The Balaban J connectivity index is 1.24. The van der Waals surface area contributed by atoms with Crippen LogP contribution in [-0.4, -0.2) is 0 Å². The largest absolute Gasteiger partial charge is 0.454 e. The van der Waals surface area contributed by atoms with Gasteiger partial charge in [-0.2, -0.15) is 0 Å². The van der Waals surface area contributed by atoms with Crippen molar-refractivity contribution >= 4 is 73.1 Å². The first-order valence-electron chi connectivity index (χ1n) is 19.6. The van der Waals surface area contributed by atoms with Crippen LogP contribution in [0.4, 0.5) is 51.2 Å². The highest BCUT2D eigenvalue weighted by Gasteiger charge is 2.24. The van der Waals surface area contributed by atoms with E-state index in [1.165, 1.54) is 5.56 Å². The molecule has 0 atom stereocenters. The molecule has 10 rings (SSSR count). The van der Waals surface area contributed by atoms with Crippen molar-refractivity contribution in [1.82, 2.24) is 0 Å². The van der Waals surface area contributed by atoms with Gasteiger partial charge in [-0.1, -0.05) is 133 Å². The molecule has 0 amide bonds. The standard InChI is InChI=1S/C54H39N3O/c1-7-20-40(21-8-1)41-22-19-33-47(36-41)56(44-27-13-4-14-28-44)48-34-35-53-50(37-48)51-38-49(55(42-23-9-2-10-24-42)43-25-11-3-12-26-43)39-52(54(51)58-53)57(45-29-15-5-16-30-45)46-31-17-6-18-32-46/h1-39H. The number of hydrogen-bond donors (Lipinski definition) is 0. The molecule has 0 spiro atoms. The van der Waals surface area contributed by atoms with E-state index < -0.39 is 0 Å². The minimum atomic E-state index is 0.807. The van der Waals surface area contributed by atoms with E-state index in [2.05, 4.69) is 251 Å². The quantitative estimate of drug-likeness (QED) is 0.139. The molecule has 0 saturated carbocycles. The molecule has 4 nitrogen and oxygen atoms in total. The molecule has 9 aromatic carbocycles. The van der Waals surface area contributed by atoms with Gasteiger partial charge in [-0.3, -0.25) is 0 Å². The molecule has 0 N–H and O–H groups in total. The average molecular weight is 746 g/mol. The minimum Gasteiger partial charge on any atom is -0.454 e. The second-order valence-electron chi connectivity index (χ2n) is 14.2. The van der Waals surface area contributed by atoms with Crippen LogP contribution in [0.5, 0.6) is 0 Å². The Morgan fingerprint density at radius 2 is 0.655 bits per heavy atom. The van der Waals surface area contributed by atoms with Crippen LogP contribution in [0.15, 0.2) is 241 Å². The number of benzene rings is 9. The SMILES string of the molecule is c1ccc(-c2cccc(N(c3ccccc3)c3ccc4oc5c(N(c6ccccc6)c6ccccc6)cc(N(c6ccccc6)c6ccccc6)cc5c4c3)c2)cc1. The second-order valence-corrected chi connectivity index (χ2v) is 14.2. The van der Waals surface area contributed by atoms with Crippen LogP contribution in [0.2, 0.25) is 0 Å². The van der Waals surface area contributed by atoms with E-state index in [1.54, 1.807) is 0 Å². The Bertz CT molecular complexity index is 2860. The summed E-state index contributed by atoms with van der Waals surface area (Å²) in [5, 5.41) is 2.04. The molecule has 0 saturated heterocycles. The average Bonchev–Trinajstić information content (AvgIpc) is 3.67. The van der Waals surface area contributed by atoms with E-state index in [0.29, 0.717) is 0 Å². The molecule has 276 valence electrons. The molecule has 58 heavy (non-hydrogen) atoms. The Hall–Kier alpha value is -7.82. The molecule has 0 aliphatic rings. The fraction of sp³-hybridized carbons (Fsp3) is 0. The first-order chi connectivity index (χ1) is 28.8. The number of anilines is 9. The van der Waals surface area contributed by atoms with Gasteiger partial charge in [0.1, 0.15) is 5.58 Å². The molecule has 0 fully saturated rings. The van der Waals surface area contributed by atoms with Gasteiger partial charge in [0.2, 0.25) is 0 Å². The van der Waals surface area contributed by atoms with Crippen LogP contribution in [-0.2, 0) is 0 Å². The lowest BCUT2D eigenvalue weighted by Gasteiger charge is -2.29. The highest BCUT2D eigenvalue weighted by atomic mass is 16.3. The Labute approximate surface area is 338 Å². The van der Waals surface area contributed by atoms with Crippen molar-refractivity contribution in [2.24, 2.45) is 0 Å². The predicted molar refractivity (Wildman–Crippen MR) is 243 cm³/mol. The molecule has 10 aromatic rings. The molecule has 0 unspecified atom stereocenters. The summed E-state index contributed by atoms with van der Waals surface area (Å²) in [7, 11) is 0. The van der Waals surface area contributed by atoms with Gasteiger partial charge in [0.15, 0.2) is 5.58 Å². The topological polar surface area (TPSA) is 22.9 Å². The van der Waals surface area contributed by atoms with Crippen molar-refractivity contribution < 1.29 is 4.42 Å². The van der Waals surface area contributed by atoms with Gasteiger partial charge < -0.3 is 19.1 Å². The maximum Gasteiger partial charge on any atom is 0.159 e. The molecular weight excluding hydrogens is 707 g/mol. The first kappa shape index (κ1) is 34.7. The summed E-state index contributed by atoms with van der Waals surface area (Å²) in [6.07, 6.45) is 0. The molecule has 0 aliphatic heterocycles. The summed E-state index contributed by atoms with van der Waals surface area (Å²) in [4.78, 5) is 6.95. The van der Waals surface area contributed by atoms with Gasteiger partial charge in [0.25, 0.3) is 0 Å². The summed E-state index contributed by atoms with van der Waals surface area (Å²) < 4.78 is 7.00. The number of nitrogens with zero attached hydrogens (tertiary/aromatic N) is 3. The minimum absolute atomic E-state index is 0.807. The van der Waals surface area contributed by atoms with Gasteiger partial charge >= 0.3 is 0 Å². The number of fused-ring (bicyclic) bond motifs is 3. The maximum absolute atomic E-state index is 7.00. The molecule has 0 bridgehead atoms. The van der Waals surface area contributed by atoms with Crippen LogP contribution in [0.3, 0.4) is 0 Å².